The minimum absolute atomic E-state index is 0.0559. The summed E-state index contributed by atoms with van der Waals surface area (Å²) < 4.78 is 6.05. The largest absolute Gasteiger partial charge is 0.474 e. The number of nitrogen functional groups attached to an aromatic ring is 1. The highest BCUT2D eigenvalue weighted by Crippen LogP contribution is 2.38. The predicted molar refractivity (Wildman–Crippen MR) is 112 cm³/mol. The van der Waals surface area contributed by atoms with Gasteiger partial charge in [-0.25, -0.2) is 4.98 Å². The zero-order valence-electron chi connectivity index (χ0n) is 14.7. The number of anilines is 1. The summed E-state index contributed by atoms with van der Waals surface area (Å²) in [6, 6.07) is 9.12. The Morgan fingerprint density at radius 3 is 2.74 bits per heavy atom. The van der Waals surface area contributed by atoms with Crippen molar-refractivity contribution in [1.29, 1.82) is 0 Å². The molecule has 0 spiro atoms. The summed E-state index contributed by atoms with van der Waals surface area (Å²) in [4.78, 5) is 18.3. The van der Waals surface area contributed by atoms with Gasteiger partial charge in [0.1, 0.15) is 6.10 Å². The van der Waals surface area contributed by atoms with Crippen molar-refractivity contribution in [2.45, 2.75) is 18.9 Å². The average molecular weight is 473 g/mol. The van der Waals surface area contributed by atoms with Crippen molar-refractivity contribution in [2.75, 3.05) is 24.2 Å². The van der Waals surface area contributed by atoms with Gasteiger partial charge in [0.2, 0.25) is 11.8 Å². The van der Waals surface area contributed by atoms with E-state index in [4.69, 9.17) is 33.7 Å². The van der Waals surface area contributed by atoms with Gasteiger partial charge in [-0.2, -0.15) is 0 Å². The number of carbonyl (C=O) groups is 1. The van der Waals surface area contributed by atoms with Crippen molar-refractivity contribution in [2.24, 2.45) is 5.92 Å². The number of halogens is 3. The minimum atomic E-state index is -0.159. The Labute approximate surface area is 176 Å². The molecule has 2 N–H and O–H groups in total. The number of nitrogens with zero attached hydrogens (tertiary/aromatic N) is 2. The number of amides is 1. The standard InChI is InChI=1S/C19H20BrCl2N3O2/c1-11(27-18-5-3-13(23)8-24-18)14-9-25(19(26)7-20)10-15(14)12-2-4-16(21)17(22)6-12/h2-6,8,11,14-15H,7,9-10,23H2,1H3/t11-,14+,15+/m0/s1. The number of aromatic nitrogens is 1. The summed E-state index contributed by atoms with van der Waals surface area (Å²) in [5.74, 6) is 0.742. The summed E-state index contributed by atoms with van der Waals surface area (Å²) in [6.45, 7) is 3.21. The van der Waals surface area contributed by atoms with Crippen molar-refractivity contribution >= 4 is 50.7 Å². The van der Waals surface area contributed by atoms with E-state index >= 15 is 0 Å². The van der Waals surface area contributed by atoms with E-state index in [0.717, 1.165) is 5.56 Å². The molecule has 0 bridgehead atoms. The summed E-state index contributed by atoms with van der Waals surface area (Å²) in [5.41, 5.74) is 7.30. The molecule has 5 nitrogen and oxygen atoms in total. The van der Waals surface area contributed by atoms with Crippen LogP contribution in [0.3, 0.4) is 0 Å². The van der Waals surface area contributed by atoms with Crippen molar-refractivity contribution in [1.82, 2.24) is 9.88 Å². The average Bonchev–Trinajstić information content (AvgIpc) is 3.11. The molecule has 27 heavy (non-hydrogen) atoms. The molecule has 0 radical (unpaired) electrons. The molecular formula is C19H20BrCl2N3O2. The van der Waals surface area contributed by atoms with Crippen LogP contribution < -0.4 is 10.5 Å². The molecule has 1 aliphatic rings. The Morgan fingerprint density at radius 1 is 1.33 bits per heavy atom. The molecule has 1 aliphatic heterocycles. The number of hydrogen-bond donors (Lipinski definition) is 1. The van der Waals surface area contributed by atoms with Gasteiger partial charge in [-0.1, -0.05) is 45.2 Å². The zero-order valence-corrected chi connectivity index (χ0v) is 17.8. The van der Waals surface area contributed by atoms with Crippen LogP contribution in [0.1, 0.15) is 18.4 Å². The van der Waals surface area contributed by atoms with Crippen molar-refractivity contribution in [3.8, 4) is 5.88 Å². The quantitative estimate of drug-likeness (QED) is 0.655. The zero-order chi connectivity index (χ0) is 19.6. The molecule has 0 saturated carbocycles. The van der Waals surface area contributed by atoms with Gasteiger partial charge in [0.15, 0.2) is 0 Å². The van der Waals surface area contributed by atoms with Crippen LogP contribution in [0.25, 0.3) is 0 Å². The number of alkyl halides is 1. The molecule has 1 aromatic carbocycles. The first-order chi connectivity index (χ1) is 12.9. The number of pyridine rings is 1. The third-order valence-electron chi connectivity index (χ3n) is 4.87. The first-order valence-electron chi connectivity index (χ1n) is 8.56. The van der Waals surface area contributed by atoms with Gasteiger partial charge >= 0.3 is 0 Å². The van der Waals surface area contributed by atoms with E-state index in [9.17, 15) is 4.79 Å². The van der Waals surface area contributed by atoms with Crippen LogP contribution in [0, 0.1) is 5.92 Å². The summed E-state index contributed by atoms with van der Waals surface area (Å²) in [5, 5.41) is 1.31. The highest BCUT2D eigenvalue weighted by Gasteiger charge is 2.40. The van der Waals surface area contributed by atoms with Crippen LogP contribution in [0.15, 0.2) is 36.5 Å². The van der Waals surface area contributed by atoms with Gasteiger partial charge in [0, 0.05) is 31.0 Å². The third-order valence-corrected chi connectivity index (χ3v) is 6.09. The van der Waals surface area contributed by atoms with Gasteiger partial charge < -0.3 is 15.4 Å². The van der Waals surface area contributed by atoms with Gasteiger partial charge in [-0.15, -0.1) is 0 Å². The number of ether oxygens (including phenoxy) is 1. The van der Waals surface area contributed by atoms with E-state index in [1.807, 2.05) is 24.0 Å². The van der Waals surface area contributed by atoms with Gasteiger partial charge in [-0.3, -0.25) is 4.79 Å². The van der Waals surface area contributed by atoms with E-state index in [1.165, 1.54) is 0 Å². The van der Waals surface area contributed by atoms with Crippen LogP contribution in [-0.2, 0) is 4.79 Å². The summed E-state index contributed by atoms with van der Waals surface area (Å²) in [7, 11) is 0. The Kier molecular flexibility index (Phi) is 6.50. The molecule has 1 aromatic heterocycles. The van der Waals surface area contributed by atoms with E-state index in [0.29, 0.717) is 40.0 Å². The lowest BCUT2D eigenvalue weighted by atomic mass is 9.86. The number of benzene rings is 1. The molecule has 2 aromatic rings. The molecule has 2 heterocycles. The lowest BCUT2D eigenvalue weighted by Crippen LogP contribution is -2.32. The van der Waals surface area contributed by atoms with E-state index in [1.54, 1.807) is 24.4 Å². The third kappa shape index (κ3) is 4.68. The van der Waals surface area contributed by atoms with Crippen molar-refractivity contribution in [3.05, 3.63) is 52.1 Å². The highest BCUT2D eigenvalue weighted by atomic mass is 79.9. The number of nitrogens with two attached hydrogens (primary N) is 1. The van der Waals surface area contributed by atoms with E-state index in [2.05, 4.69) is 20.9 Å². The Balaban J connectivity index is 1.84. The SMILES string of the molecule is C[C@H](Oc1ccc(N)cn1)[C@H]1CN(C(=O)CBr)C[C@@H]1c1ccc(Cl)c(Cl)c1. The monoisotopic (exact) mass is 471 g/mol. The number of likely N-dealkylation sites (tertiary alicyclic amines) is 1. The maximum Gasteiger partial charge on any atom is 0.233 e. The molecule has 3 atom stereocenters. The van der Waals surface area contributed by atoms with Crippen molar-refractivity contribution in [3.63, 3.8) is 0 Å². The summed E-state index contributed by atoms with van der Waals surface area (Å²) in [6.07, 6.45) is 1.40. The smallest absolute Gasteiger partial charge is 0.233 e. The molecule has 0 aliphatic carbocycles. The Bertz CT molecular complexity index is 819. The Hall–Kier alpha value is -1.50. The molecule has 1 fully saturated rings. The number of carbonyl (C=O) groups excluding carboxylic acids is 1. The van der Waals surface area contributed by atoms with Crippen LogP contribution >= 0.6 is 39.1 Å². The fraction of sp³-hybridized carbons (Fsp3) is 0.368. The second-order valence-electron chi connectivity index (χ2n) is 6.63. The fourth-order valence-electron chi connectivity index (χ4n) is 3.43. The maximum atomic E-state index is 12.2. The fourth-order valence-corrected chi connectivity index (χ4v) is 4.09. The van der Waals surface area contributed by atoms with Crippen LogP contribution in [0.4, 0.5) is 5.69 Å². The van der Waals surface area contributed by atoms with Gasteiger partial charge in [0.25, 0.3) is 0 Å². The normalized spacial score (nSPS) is 20.5. The lowest BCUT2D eigenvalue weighted by Gasteiger charge is -2.25. The van der Waals surface area contributed by atoms with Crippen LogP contribution in [0.2, 0.25) is 10.0 Å². The van der Waals surface area contributed by atoms with E-state index in [-0.39, 0.29) is 23.8 Å². The van der Waals surface area contributed by atoms with Gasteiger partial charge in [0.05, 0.1) is 27.3 Å². The molecule has 0 unspecified atom stereocenters. The van der Waals surface area contributed by atoms with E-state index < -0.39 is 0 Å². The second kappa shape index (κ2) is 8.67. The first-order valence-corrected chi connectivity index (χ1v) is 10.4. The van der Waals surface area contributed by atoms with Crippen LogP contribution in [0.5, 0.6) is 5.88 Å². The summed E-state index contributed by atoms with van der Waals surface area (Å²) >= 11 is 15.5. The molecule has 3 rings (SSSR count). The Morgan fingerprint density at radius 2 is 2.11 bits per heavy atom. The van der Waals surface area contributed by atoms with Crippen LogP contribution in [-0.4, -0.2) is 40.3 Å². The molecule has 1 amide bonds. The number of rotatable bonds is 5. The van der Waals surface area contributed by atoms with Gasteiger partial charge in [-0.05, 0) is 30.7 Å². The van der Waals surface area contributed by atoms with Crippen molar-refractivity contribution < 1.29 is 9.53 Å². The lowest BCUT2D eigenvalue weighted by molar-refractivity contribution is -0.127. The molecule has 144 valence electrons. The highest BCUT2D eigenvalue weighted by molar-refractivity contribution is 9.09. The molecule has 1 saturated heterocycles. The number of hydrogen-bond acceptors (Lipinski definition) is 4. The topological polar surface area (TPSA) is 68.5 Å². The maximum absolute atomic E-state index is 12.2. The molecular weight excluding hydrogens is 453 g/mol. The minimum Gasteiger partial charge on any atom is -0.474 e. The molecule has 8 heteroatoms. The predicted octanol–water partition coefficient (Wildman–Crippen LogP) is 4.38. The second-order valence-corrected chi connectivity index (χ2v) is 8.00. The first kappa shape index (κ1) is 20.2.